The summed E-state index contributed by atoms with van der Waals surface area (Å²) >= 11 is 6.65. The first kappa shape index (κ1) is 14.7. The van der Waals surface area contributed by atoms with Gasteiger partial charge < -0.3 is 15.5 Å². The number of fused-ring (bicyclic) bond motifs is 1. The molecule has 0 aromatic rings. The molecule has 1 fully saturated rings. The molecular weight excluding hydrogens is 304 g/mol. The van der Waals surface area contributed by atoms with Crippen molar-refractivity contribution in [1.82, 2.24) is 15.5 Å². The van der Waals surface area contributed by atoms with Gasteiger partial charge in [-0.15, -0.1) is 0 Å². The van der Waals surface area contributed by atoms with Gasteiger partial charge in [-0.3, -0.25) is 0 Å². The highest BCUT2D eigenvalue weighted by Crippen LogP contribution is 2.32. The van der Waals surface area contributed by atoms with Crippen molar-refractivity contribution in [1.29, 1.82) is 0 Å². The van der Waals surface area contributed by atoms with Crippen LogP contribution in [0, 0.1) is 0 Å². The summed E-state index contributed by atoms with van der Waals surface area (Å²) < 4.78 is 0. The molecule has 0 bridgehead atoms. The molecule has 3 rings (SSSR count). The summed E-state index contributed by atoms with van der Waals surface area (Å²) in [5.41, 5.74) is 0.638. The Morgan fingerprint density at radius 3 is 3.05 bits per heavy atom. The second-order valence-corrected chi connectivity index (χ2v) is 6.77. The van der Waals surface area contributed by atoms with Crippen LogP contribution in [0.1, 0.15) is 12.8 Å². The normalized spacial score (nSPS) is 24.6. The largest absolute Gasteiger partial charge is 0.337 e. The Hall–Kier alpha value is -1.18. The molecule has 1 atom stereocenters. The van der Waals surface area contributed by atoms with E-state index >= 15 is 0 Å². The molecule has 5 nitrogen and oxygen atoms in total. The van der Waals surface area contributed by atoms with Gasteiger partial charge in [0.05, 0.1) is 5.71 Å². The number of carbonyl (C=O) groups is 1. The fourth-order valence-electron chi connectivity index (χ4n) is 2.53. The molecule has 0 radical (unpaired) electrons. The molecule has 2 aliphatic heterocycles. The highest BCUT2D eigenvalue weighted by Gasteiger charge is 2.25. The molecule has 3 aliphatic rings. The average Bonchev–Trinajstić information content (AvgIpc) is 3.07. The Morgan fingerprint density at radius 2 is 2.24 bits per heavy atom. The van der Waals surface area contributed by atoms with Crippen LogP contribution in [-0.4, -0.2) is 53.2 Å². The van der Waals surface area contributed by atoms with Gasteiger partial charge in [-0.2, -0.15) is 0 Å². The third-order valence-corrected chi connectivity index (χ3v) is 4.87. The number of nitrogens with zero attached hydrogens (tertiary/aromatic N) is 2. The smallest absolute Gasteiger partial charge is 0.317 e. The lowest BCUT2D eigenvalue weighted by atomic mass is 10.2. The fourth-order valence-corrected chi connectivity index (χ4v) is 3.80. The maximum Gasteiger partial charge on any atom is 0.317 e. The molecule has 0 aromatic carbocycles. The summed E-state index contributed by atoms with van der Waals surface area (Å²) in [6.45, 7) is 3.89. The van der Waals surface area contributed by atoms with Crippen molar-refractivity contribution in [2.24, 2.45) is 4.99 Å². The molecule has 0 spiro atoms. The second kappa shape index (κ2) is 6.72. The molecule has 0 aromatic heterocycles. The Labute approximate surface area is 133 Å². The number of nitrogens with one attached hydrogen (secondary N) is 2. The summed E-state index contributed by atoms with van der Waals surface area (Å²) in [5, 5.41) is 5.75. The zero-order chi connectivity index (χ0) is 14.7. The van der Waals surface area contributed by atoms with Crippen LogP contribution in [0.3, 0.4) is 0 Å². The summed E-state index contributed by atoms with van der Waals surface area (Å²) in [7, 11) is 0. The quantitative estimate of drug-likeness (QED) is 0.773. The lowest BCUT2D eigenvalue weighted by molar-refractivity contribution is 0.238. The zero-order valence-electron chi connectivity index (χ0n) is 11.7. The number of carbonyl (C=O) groups excluding carboxylic acids is 1. The van der Waals surface area contributed by atoms with Crippen LogP contribution in [-0.2, 0) is 0 Å². The number of likely N-dealkylation sites (tertiary alicyclic amines) is 1. The van der Waals surface area contributed by atoms with E-state index in [0.29, 0.717) is 6.54 Å². The third kappa shape index (κ3) is 3.93. The number of amides is 2. The molecule has 1 saturated heterocycles. The van der Waals surface area contributed by atoms with E-state index in [2.05, 4.69) is 20.5 Å². The van der Waals surface area contributed by atoms with Gasteiger partial charge in [0.2, 0.25) is 0 Å². The molecule has 21 heavy (non-hydrogen) atoms. The summed E-state index contributed by atoms with van der Waals surface area (Å²) in [6.07, 6.45) is 8.22. The highest BCUT2D eigenvalue weighted by molar-refractivity contribution is 8.05. The standard InChI is InChI=1S/C14H18N4OS2/c19-13(15-5-8-18-6-1-2-7-18)17-14-16-11-4-3-10(20)9-12(11)21-14/h3-4,9,14H,1-2,5-8H2,(H2,15,17,19). The van der Waals surface area contributed by atoms with E-state index in [1.807, 2.05) is 18.2 Å². The average molecular weight is 322 g/mol. The van der Waals surface area contributed by atoms with Gasteiger partial charge in [-0.05, 0) is 44.2 Å². The minimum Gasteiger partial charge on any atom is -0.337 e. The first-order valence-corrected chi connectivity index (χ1v) is 8.45. The zero-order valence-corrected chi connectivity index (χ0v) is 13.3. The third-order valence-electron chi connectivity index (χ3n) is 3.59. The predicted octanol–water partition coefficient (Wildman–Crippen LogP) is 1.68. The van der Waals surface area contributed by atoms with Crippen molar-refractivity contribution in [2.45, 2.75) is 18.3 Å². The van der Waals surface area contributed by atoms with Crippen LogP contribution < -0.4 is 10.6 Å². The Balaban J connectivity index is 1.41. The van der Waals surface area contributed by atoms with Crippen LogP contribution >= 0.6 is 24.0 Å². The van der Waals surface area contributed by atoms with E-state index in [9.17, 15) is 4.79 Å². The highest BCUT2D eigenvalue weighted by atomic mass is 32.2. The lowest BCUT2D eigenvalue weighted by Crippen LogP contribution is -2.42. The number of rotatable bonds is 4. The van der Waals surface area contributed by atoms with Crippen molar-refractivity contribution in [3.05, 3.63) is 23.1 Å². The van der Waals surface area contributed by atoms with Gasteiger partial charge >= 0.3 is 6.03 Å². The van der Waals surface area contributed by atoms with Crippen molar-refractivity contribution in [2.75, 3.05) is 26.2 Å². The molecule has 2 N–H and O–H groups in total. The molecule has 2 amide bonds. The Kier molecular flexibility index (Phi) is 4.72. The SMILES string of the molecule is O=C(NCCN1CCCC1)NC1N=C2C=CC(=S)C=C2S1. The minimum absolute atomic E-state index is 0.165. The van der Waals surface area contributed by atoms with E-state index in [1.54, 1.807) is 0 Å². The van der Waals surface area contributed by atoms with Gasteiger partial charge in [0.25, 0.3) is 0 Å². The van der Waals surface area contributed by atoms with E-state index in [0.717, 1.165) is 35.1 Å². The first-order chi connectivity index (χ1) is 10.2. The van der Waals surface area contributed by atoms with Crippen LogP contribution in [0.2, 0.25) is 0 Å². The van der Waals surface area contributed by atoms with Crippen molar-refractivity contribution in [3.8, 4) is 0 Å². The van der Waals surface area contributed by atoms with E-state index in [4.69, 9.17) is 12.2 Å². The summed E-state index contributed by atoms with van der Waals surface area (Å²) in [5.74, 6) is 0. The molecular formula is C14H18N4OS2. The van der Waals surface area contributed by atoms with Crippen LogP contribution in [0.15, 0.2) is 28.1 Å². The minimum atomic E-state index is -0.261. The maximum absolute atomic E-state index is 11.9. The number of hydrogen-bond acceptors (Lipinski definition) is 5. The number of aliphatic imine (C=N–C) groups is 1. The first-order valence-electron chi connectivity index (χ1n) is 7.16. The number of thioether (sulfide) groups is 1. The van der Waals surface area contributed by atoms with E-state index in [1.165, 1.54) is 24.6 Å². The maximum atomic E-state index is 11.9. The van der Waals surface area contributed by atoms with Crippen LogP contribution in [0.4, 0.5) is 4.79 Å². The monoisotopic (exact) mass is 322 g/mol. The molecule has 1 aliphatic carbocycles. The number of thiocarbonyl (C=S) groups is 1. The molecule has 2 heterocycles. The topological polar surface area (TPSA) is 56.7 Å². The summed E-state index contributed by atoms with van der Waals surface area (Å²) in [4.78, 5) is 20.5. The van der Waals surface area contributed by atoms with E-state index < -0.39 is 0 Å². The van der Waals surface area contributed by atoms with Crippen molar-refractivity contribution >= 4 is 40.6 Å². The van der Waals surface area contributed by atoms with Crippen LogP contribution in [0.25, 0.3) is 0 Å². The molecule has 1 unspecified atom stereocenters. The predicted molar refractivity (Wildman–Crippen MR) is 90.8 cm³/mol. The summed E-state index contributed by atoms with van der Waals surface area (Å²) in [6, 6.07) is -0.165. The van der Waals surface area contributed by atoms with Crippen molar-refractivity contribution < 1.29 is 4.79 Å². The van der Waals surface area contributed by atoms with Gasteiger partial charge in [-0.25, -0.2) is 9.79 Å². The Morgan fingerprint density at radius 1 is 1.43 bits per heavy atom. The van der Waals surface area contributed by atoms with Crippen molar-refractivity contribution in [3.63, 3.8) is 0 Å². The molecule has 112 valence electrons. The van der Waals surface area contributed by atoms with Gasteiger partial charge in [0, 0.05) is 22.9 Å². The Bertz CT molecular complexity index is 535. The van der Waals surface area contributed by atoms with Crippen LogP contribution in [0.5, 0.6) is 0 Å². The number of allylic oxidation sites excluding steroid dienone is 4. The van der Waals surface area contributed by atoms with Gasteiger partial charge in [0.1, 0.15) is 0 Å². The molecule has 0 saturated carbocycles. The second-order valence-electron chi connectivity index (χ2n) is 5.18. The fraction of sp³-hybridized carbons (Fsp3) is 0.500. The molecule has 7 heteroatoms. The van der Waals surface area contributed by atoms with Gasteiger partial charge in [-0.1, -0.05) is 24.0 Å². The number of urea groups is 1. The lowest BCUT2D eigenvalue weighted by Gasteiger charge is -2.15. The number of hydrogen-bond donors (Lipinski definition) is 2. The van der Waals surface area contributed by atoms with E-state index in [-0.39, 0.29) is 11.5 Å². The van der Waals surface area contributed by atoms with Gasteiger partial charge in [0.15, 0.2) is 5.50 Å².